The van der Waals surface area contributed by atoms with Gasteiger partial charge in [-0.05, 0) is 51.5 Å². The molecule has 5 heteroatoms. The molecular formula is C22H42N2O3. The minimum atomic E-state index is -0.957. The number of allylic oxidation sites excluding steroid dienone is 2. The highest BCUT2D eigenvalue weighted by atomic mass is 16.4. The molecule has 158 valence electrons. The first kappa shape index (κ1) is 25.6. The molecule has 0 aliphatic heterocycles. The van der Waals surface area contributed by atoms with Crippen LogP contribution >= 0.6 is 0 Å². The smallest absolute Gasteiger partial charge is 0.326 e. The van der Waals surface area contributed by atoms with E-state index in [2.05, 4.69) is 24.4 Å². The van der Waals surface area contributed by atoms with Crippen LogP contribution in [0.1, 0.15) is 103 Å². The first-order valence-corrected chi connectivity index (χ1v) is 11.0. The van der Waals surface area contributed by atoms with Crippen molar-refractivity contribution < 1.29 is 14.7 Å². The van der Waals surface area contributed by atoms with Crippen LogP contribution in [0.2, 0.25) is 0 Å². The standard InChI is InChI=1S/C22H42N2O3/c1-2-3-4-5-6-7-8-9-10-11-12-13-14-18-21(25)24-20(22(26)27)17-15-16-19-23/h3-4,20H,2,5-19,23H2,1H3,(H,24,25)(H,26,27)/b4-3-. The third-order valence-corrected chi connectivity index (χ3v) is 4.76. The summed E-state index contributed by atoms with van der Waals surface area (Å²) < 4.78 is 0. The van der Waals surface area contributed by atoms with Crippen molar-refractivity contribution >= 4 is 11.9 Å². The van der Waals surface area contributed by atoms with Crippen LogP contribution in [0.15, 0.2) is 12.2 Å². The highest BCUT2D eigenvalue weighted by Crippen LogP contribution is 2.12. The summed E-state index contributed by atoms with van der Waals surface area (Å²) in [6, 6.07) is -0.776. The van der Waals surface area contributed by atoms with Crippen LogP contribution in [-0.2, 0) is 9.59 Å². The summed E-state index contributed by atoms with van der Waals surface area (Å²) in [5.74, 6) is -1.10. The highest BCUT2D eigenvalue weighted by Gasteiger charge is 2.18. The maximum atomic E-state index is 11.9. The quantitative estimate of drug-likeness (QED) is 0.218. The van der Waals surface area contributed by atoms with Crippen LogP contribution in [0.3, 0.4) is 0 Å². The van der Waals surface area contributed by atoms with E-state index in [1.165, 1.54) is 44.9 Å². The van der Waals surface area contributed by atoms with Gasteiger partial charge in [0, 0.05) is 6.42 Å². The summed E-state index contributed by atoms with van der Waals surface area (Å²) in [4.78, 5) is 23.1. The molecule has 4 N–H and O–H groups in total. The summed E-state index contributed by atoms with van der Waals surface area (Å²) in [5, 5.41) is 11.8. The summed E-state index contributed by atoms with van der Waals surface area (Å²) >= 11 is 0. The predicted molar refractivity (Wildman–Crippen MR) is 113 cm³/mol. The summed E-state index contributed by atoms with van der Waals surface area (Å²) in [7, 11) is 0. The molecule has 1 amide bonds. The number of nitrogens with one attached hydrogen (secondary N) is 1. The van der Waals surface area contributed by atoms with Crippen molar-refractivity contribution in [3.8, 4) is 0 Å². The molecule has 0 rings (SSSR count). The van der Waals surface area contributed by atoms with Gasteiger partial charge in [0.2, 0.25) is 5.91 Å². The van der Waals surface area contributed by atoms with Gasteiger partial charge in [0.15, 0.2) is 0 Å². The van der Waals surface area contributed by atoms with Crippen LogP contribution in [0.5, 0.6) is 0 Å². The molecular weight excluding hydrogens is 340 g/mol. The molecule has 5 nitrogen and oxygen atoms in total. The lowest BCUT2D eigenvalue weighted by Crippen LogP contribution is -2.40. The van der Waals surface area contributed by atoms with E-state index >= 15 is 0 Å². The number of unbranched alkanes of at least 4 members (excludes halogenated alkanes) is 10. The van der Waals surface area contributed by atoms with Crippen LogP contribution in [-0.4, -0.2) is 29.6 Å². The molecule has 0 aromatic carbocycles. The second-order valence-electron chi connectivity index (χ2n) is 7.34. The second kappa shape index (κ2) is 19.4. The number of carboxylic acid groups (broad SMARTS) is 1. The Morgan fingerprint density at radius 3 is 2.04 bits per heavy atom. The first-order chi connectivity index (χ1) is 13.1. The number of hydrogen-bond acceptors (Lipinski definition) is 3. The van der Waals surface area contributed by atoms with E-state index in [1.807, 2.05) is 0 Å². The van der Waals surface area contributed by atoms with E-state index in [-0.39, 0.29) is 5.91 Å². The fourth-order valence-corrected chi connectivity index (χ4v) is 3.09. The zero-order valence-corrected chi connectivity index (χ0v) is 17.4. The number of carbonyl (C=O) groups is 2. The van der Waals surface area contributed by atoms with Crippen molar-refractivity contribution in [1.29, 1.82) is 0 Å². The molecule has 1 atom stereocenters. The van der Waals surface area contributed by atoms with Gasteiger partial charge in [-0.3, -0.25) is 4.79 Å². The minimum absolute atomic E-state index is 0.146. The van der Waals surface area contributed by atoms with Crippen molar-refractivity contribution in [2.45, 2.75) is 109 Å². The fraction of sp³-hybridized carbons (Fsp3) is 0.818. The van der Waals surface area contributed by atoms with Gasteiger partial charge in [-0.15, -0.1) is 0 Å². The molecule has 0 aromatic rings. The van der Waals surface area contributed by atoms with Crippen LogP contribution in [0, 0.1) is 0 Å². The van der Waals surface area contributed by atoms with E-state index in [0.717, 1.165) is 38.5 Å². The van der Waals surface area contributed by atoms with E-state index in [1.54, 1.807) is 0 Å². The third-order valence-electron chi connectivity index (χ3n) is 4.76. The number of nitrogens with two attached hydrogens (primary N) is 1. The van der Waals surface area contributed by atoms with Gasteiger partial charge in [0.25, 0.3) is 0 Å². The number of aliphatic carboxylic acids is 1. The third kappa shape index (κ3) is 17.8. The Labute approximate surface area is 166 Å². The monoisotopic (exact) mass is 382 g/mol. The van der Waals surface area contributed by atoms with Crippen LogP contribution < -0.4 is 11.1 Å². The number of hydrogen-bond donors (Lipinski definition) is 3. The van der Waals surface area contributed by atoms with E-state index < -0.39 is 12.0 Å². The Morgan fingerprint density at radius 1 is 0.889 bits per heavy atom. The van der Waals surface area contributed by atoms with Gasteiger partial charge in [0.1, 0.15) is 6.04 Å². The molecule has 27 heavy (non-hydrogen) atoms. The van der Waals surface area contributed by atoms with Gasteiger partial charge in [-0.1, -0.05) is 64.0 Å². The molecule has 0 bridgehead atoms. The molecule has 0 spiro atoms. The average molecular weight is 383 g/mol. The molecule has 0 fully saturated rings. The topological polar surface area (TPSA) is 92.4 Å². The lowest BCUT2D eigenvalue weighted by Gasteiger charge is -2.14. The molecule has 0 radical (unpaired) electrons. The zero-order valence-electron chi connectivity index (χ0n) is 17.4. The number of carbonyl (C=O) groups excluding carboxylic acids is 1. The molecule has 0 saturated carbocycles. The summed E-state index contributed by atoms with van der Waals surface area (Å²) in [6.07, 6.45) is 20.1. The first-order valence-electron chi connectivity index (χ1n) is 11.0. The van der Waals surface area contributed by atoms with Crippen molar-refractivity contribution in [3.05, 3.63) is 12.2 Å². The SMILES string of the molecule is CC/C=C\CCCCCCCCCCCC(=O)NC(CCCCN)C(=O)O. The van der Waals surface area contributed by atoms with Gasteiger partial charge in [0.05, 0.1) is 0 Å². The summed E-state index contributed by atoms with van der Waals surface area (Å²) in [6.45, 7) is 2.72. The maximum Gasteiger partial charge on any atom is 0.326 e. The van der Waals surface area contributed by atoms with Gasteiger partial charge in [-0.25, -0.2) is 4.79 Å². The van der Waals surface area contributed by atoms with Gasteiger partial charge >= 0.3 is 5.97 Å². The zero-order chi connectivity index (χ0) is 20.2. The largest absolute Gasteiger partial charge is 0.480 e. The Balaban J connectivity index is 3.51. The van der Waals surface area contributed by atoms with Gasteiger partial charge in [-0.2, -0.15) is 0 Å². The van der Waals surface area contributed by atoms with Crippen molar-refractivity contribution in [1.82, 2.24) is 5.32 Å². The van der Waals surface area contributed by atoms with E-state index in [4.69, 9.17) is 10.8 Å². The van der Waals surface area contributed by atoms with E-state index in [0.29, 0.717) is 19.4 Å². The summed E-state index contributed by atoms with van der Waals surface area (Å²) in [5.41, 5.74) is 5.42. The lowest BCUT2D eigenvalue weighted by molar-refractivity contribution is -0.142. The molecule has 0 saturated heterocycles. The maximum absolute atomic E-state index is 11.9. The minimum Gasteiger partial charge on any atom is -0.480 e. The van der Waals surface area contributed by atoms with Crippen LogP contribution in [0.25, 0.3) is 0 Å². The van der Waals surface area contributed by atoms with Gasteiger partial charge < -0.3 is 16.2 Å². The predicted octanol–water partition coefficient (Wildman–Crippen LogP) is 4.94. The van der Waals surface area contributed by atoms with E-state index in [9.17, 15) is 9.59 Å². The fourth-order valence-electron chi connectivity index (χ4n) is 3.09. The molecule has 0 aliphatic carbocycles. The second-order valence-corrected chi connectivity index (χ2v) is 7.34. The Morgan fingerprint density at radius 2 is 1.48 bits per heavy atom. The molecule has 1 unspecified atom stereocenters. The molecule has 0 heterocycles. The number of amides is 1. The van der Waals surface area contributed by atoms with Crippen molar-refractivity contribution in [2.75, 3.05) is 6.54 Å². The highest BCUT2D eigenvalue weighted by molar-refractivity contribution is 5.83. The Hall–Kier alpha value is -1.36. The average Bonchev–Trinajstić information content (AvgIpc) is 2.64. The Kier molecular flexibility index (Phi) is 18.4. The normalized spacial score (nSPS) is 12.4. The number of carboxylic acids is 1. The van der Waals surface area contributed by atoms with Crippen LogP contribution in [0.4, 0.5) is 0 Å². The van der Waals surface area contributed by atoms with Crippen molar-refractivity contribution in [3.63, 3.8) is 0 Å². The molecule has 0 aliphatic rings. The Bertz CT molecular complexity index is 397. The van der Waals surface area contributed by atoms with Crippen molar-refractivity contribution in [2.24, 2.45) is 5.73 Å². The lowest BCUT2D eigenvalue weighted by atomic mass is 10.1. The molecule has 0 aromatic heterocycles. The number of rotatable bonds is 19.